The predicted molar refractivity (Wildman–Crippen MR) is 47.0 cm³/mol. The van der Waals surface area contributed by atoms with E-state index in [9.17, 15) is 4.79 Å². The van der Waals surface area contributed by atoms with Crippen molar-refractivity contribution in [3.63, 3.8) is 0 Å². The minimum absolute atomic E-state index is 0.0551. The number of hydrogen-bond acceptors (Lipinski definition) is 3. The highest BCUT2D eigenvalue weighted by Crippen LogP contribution is 2.20. The molecule has 0 bridgehead atoms. The van der Waals surface area contributed by atoms with Crippen LogP contribution in [0.3, 0.4) is 0 Å². The van der Waals surface area contributed by atoms with Crippen molar-refractivity contribution in [3.8, 4) is 6.07 Å². The third-order valence-electron chi connectivity index (χ3n) is 2.37. The van der Waals surface area contributed by atoms with Gasteiger partial charge >= 0.3 is 0 Å². The maximum absolute atomic E-state index is 11.5. The lowest BCUT2D eigenvalue weighted by Crippen LogP contribution is -2.22. The van der Waals surface area contributed by atoms with E-state index in [0.717, 1.165) is 12.1 Å². The van der Waals surface area contributed by atoms with E-state index in [1.807, 2.05) is 6.07 Å². The summed E-state index contributed by atoms with van der Waals surface area (Å²) in [4.78, 5) is 11.5. The average molecular weight is 175 g/mol. The van der Waals surface area contributed by atoms with E-state index < -0.39 is 0 Å². The Morgan fingerprint density at radius 2 is 2.38 bits per heavy atom. The van der Waals surface area contributed by atoms with Crippen molar-refractivity contribution < 1.29 is 0 Å². The van der Waals surface area contributed by atoms with Crippen LogP contribution in [0.2, 0.25) is 0 Å². The number of pyridine rings is 1. The summed E-state index contributed by atoms with van der Waals surface area (Å²) in [6.45, 7) is 0.630. The Morgan fingerprint density at radius 3 is 3.08 bits per heavy atom. The van der Waals surface area contributed by atoms with Crippen molar-refractivity contribution in [2.45, 2.75) is 19.0 Å². The molecule has 1 aromatic rings. The molecule has 0 aromatic carbocycles. The van der Waals surface area contributed by atoms with Crippen LogP contribution in [-0.2, 0) is 6.54 Å². The summed E-state index contributed by atoms with van der Waals surface area (Å²) in [6.07, 6.45) is 0.782. The lowest BCUT2D eigenvalue weighted by molar-refractivity contribution is 0.678. The van der Waals surface area contributed by atoms with E-state index in [2.05, 4.69) is 0 Å². The molecule has 2 rings (SSSR count). The molecule has 0 amide bonds. The molecule has 4 heteroatoms. The van der Waals surface area contributed by atoms with Crippen molar-refractivity contribution in [1.29, 1.82) is 5.26 Å². The molecule has 13 heavy (non-hydrogen) atoms. The SMILES string of the molecule is N#Cc1ccc2n(c1=O)CCC2N. The quantitative estimate of drug-likeness (QED) is 0.608. The van der Waals surface area contributed by atoms with Gasteiger partial charge in [0.1, 0.15) is 11.6 Å². The summed E-state index contributed by atoms with van der Waals surface area (Å²) in [5, 5.41) is 8.62. The standard InChI is InChI=1S/C9H9N3O/c10-5-6-1-2-8-7(11)3-4-12(8)9(6)13/h1-2,7H,3-4,11H2. The van der Waals surface area contributed by atoms with E-state index in [-0.39, 0.29) is 17.2 Å². The minimum atomic E-state index is -0.215. The Morgan fingerprint density at radius 1 is 1.62 bits per heavy atom. The van der Waals surface area contributed by atoms with Crippen LogP contribution in [0, 0.1) is 11.3 Å². The highest BCUT2D eigenvalue weighted by molar-refractivity contribution is 5.29. The first-order valence-corrected chi connectivity index (χ1v) is 4.13. The predicted octanol–water partition coefficient (Wildman–Crippen LogP) is 0.123. The van der Waals surface area contributed by atoms with E-state index in [1.165, 1.54) is 0 Å². The fourth-order valence-electron chi connectivity index (χ4n) is 1.65. The minimum Gasteiger partial charge on any atom is -0.323 e. The molecule has 0 fully saturated rings. The van der Waals surface area contributed by atoms with Gasteiger partial charge < -0.3 is 10.3 Å². The smallest absolute Gasteiger partial charge is 0.268 e. The molecule has 0 spiro atoms. The lowest BCUT2D eigenvalue weighted by Gasteiger charge is -2.04. The molecule has 1 aromatic heterocycles. The Kier molecular flexibility index (Phi) is 1.67. The summed E-state index contributed by atoms with van der Waals surface area (Å²) < 4.78 is 1.59. The van der Waals surface area contributed by atoms with Gasteiger partial charge in [0.05, 0.1) is 0 Å². The van der Waals surface area contributed by atoms with Gasteiger partial charge in [-0.15, -0.1) is 0 Å². The molecule has 1 unspecified atom stereocenters. The molecule has 1 aliphatic heterocycles. The topological polar surface area (TPSA) is 71.8 Å². The molecule has 0 radical (unpaired) electrons. The Bertz CT molecular complexity index is 441. The number of nitriles is 1. The van der Waals surface area contributed by atoms with Gasteiger partial charge in [0, 0.05) is 18.3 Å². The van der Waals surface area contributed by atoms with Gasteiger partial charge in [-0.1, -0.05) is 0 Å². The number of nitrogens with zero attached hydrogens (tertiary/aromatic N) is 2. The number of fused-ring (bicyclic) bond motifs is 1. The summed E-state index contributed by atoms with van der Waals surface area (Å²) in [6, 6.07) is 5.11. The van der Waals surface area contributed by atoms with Crippen LogP contribution in [0.15, 0.2) is 16.9 Å². The first-order chi connectivity index (χ1) is 6.24. The summed E-state index contributed by atoms with van der Waals surface area (Å²) >= 11 is 0. The summed E-state index contributed by atoms with van der Waals surface area (Å²) in [7, 11) is 0. The number of aromatic nitrogens is 1. The zero-order chi connectivity index (χ0) is 9.42. The number of nitrogens with two attached hydrogens (primary N) is 1. The van der Waals surface area contributed by atoms with E-state index >= 15 is 0 Å². The second kappa shape index (κ2) is 2.71. The second-order valence-electron chi connectivity index (χ2n) is 3.14. The van der Waals surface area contributed by atoms with Gasteiger partial charge in [0.15, 0.2) is 0 Å². The second-order valence-corrected chi connectivity index (χ2v) is 3.14. The zero-order valence-electron chi connectivity index (χ0n) is 7.03. The van der Waals surface area contributed by atoms with Crippen molar-refractivity contribution in [1.82, 2.24) is 4.57 Å². The van der Waals surface area contributed by atoms with Gasteiger partial charge in [0.25, 0.3) is 5.56 Å². The Labute approximate surface area is 75.2 Å². The largest absolute Gasteiger partial charge is 0.323 e. The van der Waals surface area contributed by atoms with E-state index in [4.69, 9.17) is 11.0 Å². The molecule has 66 valence electrons. The molecule has 0 saturated carbocycles. The van der Waals surface area contributed by atoms with Crippen LogP contribution in [0.4, 0.5) is 0 Å². The third kappa shape index (κ3) is 1.05. The normalized spacial score (nSPS) is 19.5. The zero-order valence-corrected chi connectivity index (χ0v) is 7.03. The first kappa shape index (κ1) is 8.02. The molecular weight excluding hydrogens is 166 g/mol. The van der Waals surface area contributed by atoms with Crippen molar-refractivity contribution >= 4 is 0 Å². The maximum Gasteiger partial charge on any atom is 0.268 e. The van der Waals surface area contributed by atoms with E-state index in [1.54, 1.807) is 16.7 Å². The summed E-state index contributed by atoms with van der Waals surface area (Å²) in [5.74, 6) is 0. The van der Waals surface area contributed by atoms with Gasteiger partial charge in [-0.2, -0.15) is 5.26 Å². The van der Waals surface area contributed by atoms with E-state index in [0.29, 0.717) is 6.54 Å². The van der Waals surface area contributed by atoms with Crippen LogP contribution in [-0.4, -0.2) is 4.57 Å². The molecule has 1 aliphatic rings. The molecule has 4 nitrogen and oxygen atoms in total. The average Bonchev–Trinajstić information content (AvgIpc) is 2.50. The van der Waals surface area contributed by atoms with Crippen molar-refractivity contribution in [2.75, 3.05) is 0 Å². The molecule has 0 saturated heterocycles. The molecule has 2 heterocycles. The van der Waals surface area contributed by atoms with Crippen LogP contribution in [0.1, 0.15) is 23.7 Å². The van der Waals surface area contributed by atoms with Crippen LogP contribution < -0.4 is 11.3 Å². The Hall–Kier alpha value is -1.60. The summed E-state index contributed by atoms with van der Waals surface area (Å²) in [5.41, 5.74) is 6.58. The van der Waals surface area contributed by atoms with Gasteiger partial charge in [-0.25, -0.2) is 0 Å². The van der Waals surface area contributed by atoms with Gasteiger partial charge in [-0.3, -0.25) is 4.79 Å². The van der Waals surface area contributed by atoms with Gasteiger partial charge in [-0.05, 0) is 18.6 Å². The molecule has 2 N–H and O–H groups in total. The fourth-order valence-corrected chi connectivity index (χ4v) is 1.65. The number of rotatable bonds is 0. The molecular formula is C9H9N3O. The van der Waals surface area contributed by atoms with Crippen molar-refractivity contribution in [2.24, 2.45) is 5.73 Å². The highest BCUT2D eigenvalue weighted by atomic mass is 16.1. The maximum atomic E-state index is 11.5. The number of hydrogen-bond donors (Lipinski definition) is 1. The van der Waals surface area contributed by atoms with Crippen LogP contribution in [0.25, 0.3) is 0 Å². The molecule has 1 atom stereocenters. The van der Waals surface area contributed by atoms with Crippen LogP contribution in [0.5, 0.6) is 0 Å². The fraction of sp³-hybridized carbons (Fsp3) is 0.333. The highest BCUT2D eigenvalue weighted by Gasteiger charge is 2.20. The Balaban J connectivity index is 2.69. The van der Waals surface area contributed by atoms with Gasteiger partial charge in [0.2, 0.25) is 0 Å². The third-order valence-corrected chi connectivity index (χ3v) is 2.37. The lowest BCUT2D eigenvalue weighted by atomic mass is 10.2. The monoisotopic (exact) mass is 175 g/mol. The van der Waals surface area contributed by atoms with Crippen LogP contribution >= 0.6 is 0 Å². The molecule has 0 aliphatic carbocycles. The van der Waals surface area contributed by atoms with Crippen molar-refractivity contribution in [3.05, 3.63) is 33.7 Å². The first-order valence-electron chi connectivity index (χ1n) is 4.13.